The maximum absolute atomic E-state index is 12.3. The van der Waals surface area contributed by atoms with E-state index in [2.05, 4.69) is 16.0 Å². The van der Waals surface area contributed by atoms with Gasteiger partial charge in [-0.25, -0.2) is 4.79 Å². The molecule has 3 amide bonds. The largest absolute Gasteiger partial charge is 0.481 e. The fourth-order valence-corrected chi connectivity index (χ4v) is 5.17. The molecule has 0 radical (unpaired) electrons. The Bertz CT molecular complexity index is 938. The summed E-state index contributed by atoms with van der Waals surface area (Å²) in [6.07, 6.45) is 17.6. The fraction of sp³-hybridized carbons (Fsp3) is 0.838. The summed E-state index contributed by atoms with van der Waals surface area (Å²) in [6, 6.07) is -1.10. The van der Waals surface area contributed by atoms with Crippen molar-refractivity contribution >= 4 is 35.9 Å². The van der Waals surface area contributed by atoms with E-state index in [9.17, 15) is 33.9 Å². The highest BCUT2D eigenvalue weighted by Crippen LogP contribution is 2.14. The first-order valence-electron chi connectivity index (χ1n) is 19.3. The molecule has 0 aliphatic carbocycles. The molecule has 0 aliphatic rings. The van der Waals surface area contributed by atoms with Gasteiger partial charge in [-0.2, -0.15) is 0 Å². The number of nitrogens with one attached hydrogen (secondary N) is 3. The summed E-state index contributed by atoms with van der Waals surface area (Å²) in [5.41, 5.74) is 0. The van der Waals surface area contributed by atoms with Gasteiger partial charge in [0.2, 0.25) is 17.7 Å². The molecule has 302 valence electrons. The monoisotopic (exact) mass is 745 g/mol. The smallest absolute Gasteiger partial charge is 0.326 e. The Morgan fingerprint density at radius 2 is 0.942 bits per heavy atom. The third-order valence-electron chi connectivity index (χ3n) is 8.08. The van der Waals surface area contributed by atoms with Crippen LogP contribution in [0.1, 0.15) is 128 Å². The quantitative estimate of drug-likeness (QED) is 0.0446. The van der Waals surface area contributed by atoms with Crippen LogP contribution < -0.4 is 16.0 Å². The molecule has 0 aromatic heterocycles. The van der Waals surface area contributed by atoms with Crippen LogP contribution in [0.3, 0.4) is 0 Å². The molecule has 0 aromatic carbocycles. The Kier molecular flexibility index (Phi) is 35.3. The molecule has 5 N–H and O–H groups in total. The van der Waals surface area contributed by atoms with Crippen molar-refractivity contribution in [3.05, 3.63) is 0 Å². The van der Waals surface area contributed by atoms with Crippen LogP contribution in [0.5, 0.6) is 0 Å². The summed E-state index contributed by atoms with van der Waals surface area (Å²) in [4.78, 5) is 68.1. The Morgan fingerprint density at radius 3 is 1.40 bits per heavy atom. The van der Waals surface area contributed by atoms with Gasteiger partial charge in [0.15, 0.2) is 0 Å². The molecule has 0 saturated carbocycles. The minimum atomic E-state index is -1.15. The minimum Gasteiger partial charge on any atom is -0.481 e. The molecule has 0 aliphatic heterocycles. The van der Waals surface area contributed by atoms with E-state index in [1.807, 2.05) is 0 Å². The number of amides is 3. The minimum absolute atomic E-state index is 0.00527. The van der Waals surface area contributed by atoms with E-state index >= 15 is 0 Å². The van der Waals surface area contributed by atoms with Gasteiger partial charge in [0.05, 0.1) is 26.4 Å². The van der Waals surface area contributed by atoms with Crippen LogP contribution in [0.15, 0.2) is 0 Å². The summed E-state index contributed by atoms with van der Waals surface area (Å²) >= 11 is 0. The van der Waals surface area contributed by atoms with Crippen molar-refractivity contribution in [2.45, 2.75) is 134 Å². The average Bonchev–Trinajstić information content (AvgIpc) is 3.11. The SMILES string of the molecule is O=CCOCC(=O)NCCCOCCOCCOCCCNC(=O)CCC(NC(=O)CCCCCCCCCCCCCCCCC(=O)O)C(=O)O. The molecule has 0 heterocycles. The van der Waals surface area contributed by atoms with Crippen LogP contribution in [0.25, 0.3) is 0 Å². The summed E-state index contributed by atoms with van der Waals surface area (Å²) in [5.74, 6) is -2.73. The molecule has 0 rings (SSSR count). The first kappa shape index (κ1) is 48.9. The highest BCUT2D eigenvalue weighted by Gasteiger charge is 2.20. The number of aldehydes is 1. The second kappa shape index (κ2) is 37.6. The number of ether oxygens (including phenoxy) is 4. The Hall–Kier alpha value is -3.14. The number of carboxylic acids is 2. The lowest BCUT2D eigenvalue weighted by Crippen LogP contribution is -2.41. The third-order valence-corrected chi connectivity index (χ3v) is 8.08. The molecule has 0 bridgehead atoms. The van der Waals surface area contributed by atoms with E-state index in [0.29, 0.717) is 78.3 Å². The second-order valence-corrected chi connectivity index (χ2v) is 12.8. The maximum atomic E-state index is 12.3. The number of rotatable bonds is 40. The molecular weight excluding hydrogens is 678 g/mol. The molecule has 1 atom stereocenters. The molecule has 0 aromatic rings. The number of carbonyl (C=O) groups is 6. The molecular formula is C37H67N3O12. The van der Waals surface area contributed by atoms with Crippen LogP contribution in [0.2, 0.25) is 0 Å². The summed E-state index contributed by atoms with van der Waals surface area (Å²) in [6.45, 7) is 3.13. The van der Waals surface area contributed by atoms with Gasteiger partial charge in [0.25, 0.3) is 0 Å². The summed E-state index contributed by atoms with van der Waals surface area (Å²) in [5, 5.41) is 26.1. The van der Waals surface area contributed by atoms with Gasteiger partial charge >= 0.3 is 11.9 Å². The van der Waals surface area contributed by atoms with Crippen LogP contribution in [0, 0.1) is 0 Å². The maximum Gasteiger partial charge on any atom is 0.326 e. The van der Waals surface area contributed by atoms with Crippen molar-refractivity contribution in [2.75, 3.05) is 65.9 Å². The van der Waals surface area contributed by atoms with Crippen molar-refractivity contribution in [3.63, 3.8) is 0 Å². The van der Waals surface area contributed by atoms with Crippen LogP contribution in [-0.4, -0.2) is 118 Å². The lowest BCUT2D eigenvalue weighted by atomic mass is 10.0. The van der Waals surface area contributed by atoms with E-state index in [4.69, 9.17) is 24.1 Å². The zero-order valence-electron chi connectivity index (χ0n) is 31.3. The summed E-state index contributed by atoms with van der Waals surface area (Å²) < 4.78 is 21.1. The van der Waals surface area contributed by atoms with Crippen molar-refractivity contribution in [3.8, 4) is 0 Å². The first-order valence-corrected chi connectivity index (χ1v) is 19.3. The number of hydrogen-bond acceptors (Lipinski definition) is 10. The van der Waals surface area contributed by atoms with Gasteiger partial charge in [-0.05, 0) is 32.1 Å². The van der Waals surface area contributed by atoms with E-state index < -0.39 is 18.0 Å². The fourth-order valence-electron chi connectivity index (χ4n) is 5.17. The highest BCUT2D eigenvalue weighted by molar-refractivity contribution is 5.84. The zero-order chi connectivity index (χ0) is 38.3. The number of unbranched alkanes of at least 4 members (excludes halogenated alkanes) is 13. The predicted molar refractivity (Wildman–Crippen MR) is 195 cm³/mol. The lowest BCUT2D eigenvalue weighted by molar-refractivity contribution is -0.142. The Morgan fingerprint density at radius 1 is 0.500 bits per heavy atom. The molecule has 0 fully saturated rings. The standard InChI is InChI=1S/C37H67N3O12/c41-23-26-52-31-35(44)39-22-16-25-50-28-30-51-29-27-49-24-15-21-38-33(42)20-19-32(37(47)48)40-34(43)17-13-11-9-7-5-3-1-2-4-6-8-10-12-14-18-36(45)46/h23,32H,1-22,24-31H2,(H,38,42)(H,39,44)(H,40,43)(H,45,46)(H,47,48). The molecule has 0 saturated heterocycles. The molecule has 52 heavy (non-hydrogen) atoms. The highest BCUT2D eigenvalue weighted by atomic mass is 16.5. The number of hydrogen-bond donors (Lipinski definition) is 5. The van der Waals surface area contributed by atoms with E-state index in [1.54, 1.807) is 0 Å². The number of aliphatic carboxylic acids is 2. The van der Waals surface area contributed by atoms with Crippen molar-refractivity contribution < 1.29 is 57.9 Å². The van der Waals surface area contributed by atoms with Crippen LogP contribution in [0.4, 0.5) is 0 Å². The predicted octanol–water partition coefficient (Wildman–Crippen LogP) is 3.94. The zero-order valence-corrected chi connectivity index (χ0v) is 31.3. The number of carboxylic acid groups (broad SMARTS) is 2. The van der Waals surface area contributed by atoms with Gasteiger partial charge in [0, 0.05) is 45.6 Å². The topological polar surface area (TPSA) is 216 Å². The molecule has 1 unspecified atom stereocenters. The van der Waals surface area contributed by atoms with Crippen molar-refractivity contribution in [2.24, 2.45) is 0 Å². The molecule has 15 nitrogen and oxygen atoms in total. The van der Waals surface area contributed by atoms with Gasteiger partial charge in [0.1, 0.15) is 25.5 Å². The van der Waals surface area contributed by atoms with Crippen LogP contribution in [-0.2, 0) is 47.7 Å². The van der Waals surface area contributed by atoms with Gasteiger partial charge in [-0.3, -0.25) is 19.2 Å². The Balaban J connectivity index is 3.60. The van der Waals surface area contributed by atoms with Crippen LogP contribution >= 0.6 is 0 Å². The summed E-state index contributed by atoms with van der Waals surface area (Å²) in [7, 11) is 0. The number of carbonyl (C=O) groups excluding carboxylic acids is 4. The molecule has 15 heteroatoms. The molecule has 0 spiro atoms. The van der Waals surface area contributed by atoms with E-state index in [-0.39, 0.29) is 56.6 Å². The normalized spacial score (nSPS) is 11.5. The van der Waals surface area contributed by atoms with Crippen molar-refractivity contribution in [1.29, 1.82) is 0 Å². The third kappa shape index (κ3) is 36.6. The van der Waals surface area contributed by atoms with E-state index in [0.717, 1.165) is 38.5 Å². The second-order valence-electron chi connectivity index (χ2n) is 12.8. The Labute approximate surface area is 310 Å². The first-order chi connectivity index (χ1) is 25.3. The van der Waals surface area contributed by atoms with Gasteiger partial charge in [-0.15, -0.1) is 0 Å². The average molecular weight is 746 g/mol. The van der Waals surface area contributed by atoms with E-state index in [1.165, 1.54) is 44.9 Å². The van der Waals surface area contributed by atoms with Crippen molar-refractivity contribution in [1.82, 2.24) is 16.0 Å². The van der Waals surface area contributed by atoms with Gasteiger partial charge < -0.3 is 49.9 Å². The lowest BCUT2D eigenvalue weighted by Gasteiger charge is -2.14. The van der Waals surface area contributed by atoms with Gasteiger partial charge in [-0.1, -0.05) is 77.0 Å².